The van der Waals surface area contributed by atoms with Gasteiger partial charge < -0.3 is 9.47 Å². The molecular formula is C46H31N3O2. The van der Waals surface area contributed by atoms with Crippen molar-refractivity contribution in [3.05, 3.63) is 163 Å². The number of para-hydroxylation sites is 1. The van der Waals surface area contributed by atoms with Crippen LogP contribution in [-0.2, 0) is 5.41 Å². The van der Waals surface area contributed by atoms with Gasteiger partial charge in [-0.25, -0.2) is 15.0 Å². The number of aromatic nitrogens is 3. The van der Waals surface area contributed by atoms with E-state index in [9.17, 15) is 0 Å². The molecule has 0 atom stereocenters. The van der Waals surface area contributed by atoms with Crippen molar-refractivity contribution in [1.29, 1.82) is 0 Å². The summed E-state index contributed by atoms with van der Waals surface area (Å²) in [7, 11) is 0. The molecule has 2 aliphatic rings. The standard InChI is InChI=1S/C46H31N3O2/c1-46(2)36-23-9-8-20-35(36)40-37(46)25-26-39-42(40)51-41-33(21-12-24-38(41)50-39)30-17-10-18-31(27-30)44-47-43(29-14-4-3-5-15-29)48-45(49-44)34-22-11-16-28-13-6-7-19-32(28)34/h3-27H,1-2H3. The zero-order valence-electron chi connectivity index (χ0n) is 28.1. The lowest BCUT2D eigenvalue weighted by Gasteiger charge is -2.26. The molecule has 5 heteroatoms. The van der Waals surface area contributed by atoms with Crippen LogP contribution >= 0.6 is 0 Å². The van der Waals surface area contributed by atoms with E-state index in [1.807, 2.05) is 60.7 Å². The molecule has 5 nitrogen and oxygen atoms in total. The summed E-state index contributed by atoms with van der Waals surface area (Å²) in [6.45, 7) is 4.54. The Morgan fingerprint density at radius 3 is 1.96 bits per heavy atom. The number of hydrogen-bond acceptors (Lipinski definition) is 5. The second-order valence-corrected chi connectivity index (χ2v) is 13.6. The molecule has 0 unspecified atom stereocenters. The van der Waals surface area contributed by atoms with E-state index in [2.05, 4.69) is 105 Å². The SMILES string of the molecule is CC1(C)c2ccccc2-c2c1ccc1c2Oc2c(cccc2-c2cccc(-c3nc(-c4ccccc4)nc(-c4cccc5ccccc45)n3)c2)O1. The summed E-state index contributed by atoms with van der Waals surface area (Å²) in [6, 6.07) is 51.8. The van der Waals surface area contributed by atoms with Gasteiger partial charge in [0.15, 0.2) is 40.5 Å². The van der Waals surface area contributed by atoms with Crippen molar-refractivity contribution in [3.8, 4) is 79.4 Å². The van der Waals surface area contributed by atoms with Gasteiger partial charge in [-0.05, 0) is 51.2 Å². The summed E-state index contributed by atoms with van der Waals surface area (Å²) in [5, 5.41) is 2.23. The van der Waals surface area contributed by atoms with Gasteiger partial charge in [-0.15, -0.1) is 0 Å². The van der Waals surface area contributed by atoms with Crippen LogP contribution in [0.5, 0.6) is 23.0 Å². The van der Waals surface area contributed by atoms with Crippen molar-refractivity contribution in [2.75, 3.05) is 0 Å². The maximum Gasteiger partial charge on any atom is 0.178 e. The van der Waals surface area contributed by atoms with Gasteiger partial charge in [0.25, 0.3) is 0 Å². The molecule has 51 heavy (non-hydrogen) atoms. The molecule has 8 aromatic rings. The first-order chi connectivity index (χ1) is 25.0. The molecule has 0 amide bonds. The topological polar surface area (TPSA) is 57.1 Å². The van der Waals surface area contributed by atoms with Gasteiger partial charge in [-0.2, -0.15) is 0 Å². The van der Waals surface area contributed by atoms with Crippen molar-refractivity contribution < 1.29 is 9.47 Å². The molecule has 1 aromatic heterocycles. The minimum absolute atomic E-state index is 0.146. The number of ether oxygens (including phenoxy) is 2. The monoisotopic (exact) mass is 657 g/mol. The van der Waals surface area contributed by atoms with Crippen LogP contribution in [0.3, 0.4) is 0 Å². The third-order valence-corrected chi connectivity index (χ3v) is 10.2. The molecule has 1 aliphatic heterocycles. The van der Waals surface area contributed by atoms with Crippen LogP contribution in [0, 0.1) is 0 Å². The van der Waals surface area contributed by atoms with E-state index in [0.717, 1.165) is 55.7 Å². The first kappa shape index (κ1) is 29.3. The molecule has 7 aromatic carbocycles. The van der Waals surface area contributed by atoms with Gasteiger partial charge in [0.05, 0.1) is 0 Å². The van der Waals surface area contributed by atoms with Gasteiger partial charge in [0.2, 0.25) is 0 Å². The zero-order chi connectivity index (χ0) is 34.1. The van der Waals surface area contributed by atoms with Crippen molar-refractivity contribution in [1.82, 2.24) is 15.0 Å². The fraction of sp³-hybridized carbons (Fsp3) is 0.0652. The van der Waals surface area contributed by atoms with E-state index in [0.29, 0.717) is 29.0 Å². The van der Waals surface area contributed by atoms with Gasteiger partial charge in [0, 0.05) is 33.2 Å². The lowest BCUT2D eigenvalue weighted by Crippen LogP contribution is -2.15. The minimum atomic E-state index is -0.146. The molecular weight excluding hydrogens is 627 g/mol. The normalized spacial score (nSPS) is 13.4. The smallest absolute Gasteiger partial charge is 0.178 e. The van der Waals surface area contributed by atoms with Crippen LogP contribution in [0.15, 0.2) is 152 Å². The van der Waals surface area contributed by atoms with Crippen LogP contribution in [0.4, 0.5) is 0 Å². The third kappa shape index (κ3) is 4.66. The maximum atomic E-state index is 6.93. The van der Waals surface area contributed by atoms with Crippen LogP contribution < -0.4 is 9.47 Å². The third-order valence-electron chi connectivity index (χ3n) is 10.2. The molecule has 0 saturated carbocycles. The Balaban J connectivity index is 1.10. The largest absolute Gasteiger partial charge is 0.449 e. The minimum Gasteiger partial charge on any atom is -0.449 e. The highest BCUT2D eigenvalue weighted by molar-refractivity contribution is 5.95. The number of fused-ring (bicyclic) bond motifs is 7. The lowest BCUT2D eigenvalue weighted by molar-refractivity contribution is 0.361. The molecule has 2 heterocycles. The fourth-order valence-electron chi connectivity index (χ4n) is 7.66. The van der Waals surface area contributed by atoms with E-state index >= 15 is 0 Å². The van der Waals surface area contributed by atoms with Crippen molar-refractivity contribution in [3.63, 3.8) is 0 Å². The second-order valence-electron chi connectivity index (χ2n) is 13.6. The van der Waals surface area contributed by atoms with Crippen LogP contribution in [0.1, 0.15) is 25.0 Å². The molecule has 0 N–H and O–H groups in total. The van der Waals surface area contributed by atoms with Crippen LogP contribution in [-0.4, -0.2) is 15.0 Å². The first-order valence-corrected chi connectivity index (χ1v) is 17.2. The molecule has 0 bridgehead atoms. The molecule has 1 aliphatic carbocycles. The van der Waals surface area contributed by atoms with Crippen molar-refractivity contribution in [2.45, 2.75) is 19.3 Å². The highest BCUT2D eigenvalue weighted by Gasteiger charge is 2.39. The predicted molar refractivity (Wildman–Crippen MR) is 203 cm³/mol. The Bertz CT molecular complexity index is 2680. The molecule has 0 radical (unpaired) electrons. The number of benzene rings is 7. The predicted octanol–water partition coefficient (Wildman–Crippen LogP) is 11.9. The molecule has 10 rings (SSSR count). The van der Waals surface area contributed by atoms with Gasteiger partial charge >= 0.3 is 0 Å². The Morgan fingerprint density at radius 1 is 0.431 bits per heavy atom. The van der Waals surface area contributed by atoms with E-state index < -0.39 is 0 Å². The number of nitrogens with zero attached hydrogens (tertiary/aromatic N) is 3. The average Bonchev–Trinajstić information content (AvgIpc) is 3.43. The Kier molecular flexibility index (Phi) is 6.46. The second kappa shape index (κ2) is 11.2. The van der Waals surface area contributed by atoms with Gasteiger partial charge in [-0.3, -0.25) is 0 Å². The van der Waals surface area contributed by atoms with Crippen molar-refractivity contribution in [2.24, 2.45) is 0 Å². The molecule has 0 fully saturated rings. The van der Waals surface area contributed by atoms with E-state index in [1.165, 1.54) is 16.7 Å². The summed E-state index contributed by atoms with van der Waals surface area (Å²) in [4.78, 5) is 15.1. The summed E-state index contributed by atoms with van der Waals surface area (Å²) in [5.41, 5.74) is 9.33. The van der Waals surface area contributed by atoms with Crippen LogP contribution in [0.25, 0.3) is 67.2 Å². The van der Waals surface area contributed by atoms with Gasteiger partial charge in [0.1, 0.15) is 0 Å². The van der Waals surface area contributed by atoms with Gasteiger partial charge in [-0.1, -0.05) is 147 Å². The quantitative estimate of drug-likeness (QED) is 0.188. The summed E-state index contributed by atoms with van der Waals surface area (Å²) >= 11 is 0. The van der Waals surface area contributed by atoms with Crippen molar-refractivity contribution >= 4 is 10.8 Å². The van der Waals surface area contributed by atoms with Crippen LogP contribution in [0.2, 0.25) is 0 Å². The Morgan fingerprint density at radius 2 is 1.06 bits per heavy atom. The van der Waals surface area contributed by atoms with E-state index in [-0.39, 0.29) is 5.41 Å². The number of rotatable bonds is 4. The van der Waals surface area contributed by atoms with E-state index in [1.54, 1.807) is 0 Å². The fourth-order valence-corrected chi connectivity index (χ4v) is 7.66. The number of hydrogen-bond donors (Lipinski definition) is 0. The Hall–Kier alpha value is -6.59. The lowest BCUT2D eigenvalue weighted by atomic mass is 9.82. The summed E-state index contributed by atoms with van der Waals surface area (Å²) in [6.07, 6.45) is 0. The summed E-state index contributed by atoms with van der Waals surface area (Å²) in [5.74, 6) is 4.69. The first-order valence-electron chi connectivity index (χ1n) is 17.2. The highest BCUT2D eigenvalue weighted by atomic mass is 16.6. The van der Waals surface area contributed by atoms with E-state index in [4.69, 9.17) is 24.4 Å². The summed E-state index contributed by atoms with van der Waals surface area (Å²) < 4.78 is 13.5. The zero-order valence-corrected chi connectivity index (χ0v) is 28.1. The highest BCUT2D eigenvalue weighted by Crippen LogP contribution is 2.59. The molecule has 0 spiro atoms. The molecule has 0 saturated heterocycles. The average molecular weight is 658 g/mol. The Labute approximate surface area is 295 Å². The molecule has 242 valence electrons. The maximum absolute atomic E-state index is 6.93.